The number of hydrogen-bond donors (Lipinski definition) is 0. The quantitative estimate of drug-likeness (QED) is 0.858. The van der Waals surface area contributed by atoms with Crippen LogP contribution < -0.4 is 0 Å². The fourth-order valence-electron chi connectivity index (χ4n) is 3.25. The van der Waals surface area contributed by atoms with Gasteiger partial charge in [-0.15, -0.1) is 0 Å². The molecular formula is C16H20FNO3S. The van der Waals surface area contributed by atoms with Crippen molar-refractivity contribution in [3.05, 3.63) is 29.6 Å². The first-order chi connectivity index (χ1) is 10.4. The third-order valence-electron chi connectivity index (χ3n) is 4.61. The molecule has 1 saturated heterocycles. The molecule has 0 radical (unpaired) electrons. The normalized spacial score (nSPS) is 22.6. The van der Waals surface area contributed by atoms with Gasteiger partial charge >= 0.3 is 0 Å². The second kappa shape index (κ2) is 5.65. The smallest absolute Gasteiger partial charge is 0.253 e. The molecule has 1 aromatic carbocycles. The lowest BCUT2D eigenvalue weighted by atomic mass is 9.93. The van der Waals surface area contributed by atoms with Crippen LogP contribution in [0, 0.1) is 17.7 Å². The van der Waals surface area contributed by atoms with Crippen molar-refractivity contribution in [1.29, 1.82) is 0 Å². The number of sulfone groups is 1. The van der Waals surface area contributed by atoms with Crippen molar-refractivity contribution in [3.8, 4) is 0 Å². The second-order valence-corrected chi connectivity index (χ2v) is 8.39. The lowest BCUT2D eigenvalue weighted by Gasteiger charge is -2.33. The maximum absolute atomic E-state index is 13.6. The van der Waals surface area contributed by atoms with E-state index in [1.165, 1.54) is 18.9 Å². The number of halogens is 1. The molecule has 1 aromatic rings. The van der Waals surface area contributed by atoms with Gasteiger partial charge in [-0.25, -0.2) is 12.8 Å². The number of piperidine rings is 1. The number of likely N-dealkylation sites (tertiary alicyclic amines) is 1. The van der Waals surface area contributed by atoms with Crippen molar-refractivity contribution in [1.82, 2.24) is 4.90 Å². The van der Waals surface area contributed by atoms with E-state index in [4.69, 9.17) is 0 Å². The van der Waals surface area contributed by atoms with Crippen molar-refractivity contribution in [2.45, 2.75) is 30.6 Å². The molecule has 4 nitrogen and oxygen atoms in total. The fraction of sp³-hybridized carbons (Fsp3) is 0.562. The van der Waals surface area contributed by atoms with Crippen molar-refractivity contribution >= 4 is 15.7 Å². The van der Waals surface area contributed by atoms with E-state index in [1.807, 2.05) is 0 Å². The van der Waals surface area contributed by atoms with E-state index in [0.29, 0.717) is 12.5 Å². The van der Waals surface area contributed by atoms with E-state index in [9.17, 15) is 17.6 Å². The summed E-state index contributed by atoms with van der Waals surface area (Å²) in [6, 6.07) is 3.59. The lowest BCUT2D eigenvalue weighted by molar-refractivity contribution is 0.0659. The summed E-state index contributed by atoms with van der Waals surface area (Å²) >= 11 is 0. The van der Waals surface area contributed by atoms with E-state index in [1.54, 1.807) is 4.90 Å². The molecule has 1 aliphatic heterocycles. The van der Waals surface area contributed by atoms with Crippen LogP contribution in [-0.2, 0) is 9.84 Å². The Labute approximate surface area is 130 Å². The van der Waals surface area contributed by atoms with Gasteiger partial charge < -0.3 is 4.90 Å². The van der Waals surface area contributed by atoms with Crippen LogP contribution in [0.1, 0.15) is 36.0 Å². The summed E-state index contributed by atoms with van der Waals surface area (Å²) in [7, 11) is -3.68. The topological polar surface area (TPSA) is 54.5 Å². The summed E-state index contributed by atoms with van der Waals surface area (Å²) in [5.74, 6) is 0.298. The van der Waals surface area contributed by atoms with E-state index in [2.05, 4.69) is 0 Å². The first kappa shape index (κ1) is 15.5. The van der Waals surface area contributed by atoms with Gasteiger partial charge in [0.15, 0.2) is 9.84 Å². The zero-order valence-corrected chi connectivity index (χ0v) is 13.4. The number of rotatable bonds is 3. The van der Waals surface area contributed by atoms with Gasteiger partial charge in [0.05, 0.1) is 0 Å². The molecule has 2 fully saturated rings. The molecule has 0 aromatic heterocycles. The summed E-state index contributed by atoms with van der Waals surface area (Å²) < 4.78 is 36.8. The molecule has 1 unspecified atom stereocenters. The Hall–Kier alpha value is -1.43. The van der Waals surface area contributed by atoms with Crippen LogP contribution >= 0.6 is 0 Å². The molecule has 1 amide bonds. The largest absolute Gasteiger partial charge is 0.338 e. The van der Waals surface area contributed by atoms with Crippen LogP contribution in [0.4, 0.5) is 4.39 Å². The molecule has 1 saturated carbocycles. The number of carbonyl (C=O) groups is 1. The van der Waals surface area contributed by atoms with E-state index >= 15 is 0 Å². The van der Waals surface area contributed by atoms with Crippen molar-refractivity contribution in [2.24, 2.45) is 11.8 Å². The Morgan fingerprint density at radius 2 is 1.95 bits per heavy atom. The molecule has 6 heteroatoms. The van der Waals surface area contributed by atoms with Crippen LogP contribution in [0.5, 0.6) is 0 Å². The molecule has 22 heavy (non-hydrogen) atoms. The van der Waals surface area contributed by atoms with E-state index < -0.39 is 20.5 Å². The van der Waals surface area contributed by atoms with Crippen LogP contribution in [0.15, 0.2) is 23.1 Å². The Bertz CT molecular complexity index is 697. The predicted octanol–water partition coefficient (Wildman–Crippen LogP) is 2.49. The highest BCUT2D eigenvalue weighted by atomic mass is 32.2. The average molecular weight is 325 g/mol. The third-order valence-corrected chi connectivity index (χ3v) is 5.72. The number of nitrogens with zero attached hydrogens (tertiary/aromatic N) is 1. The molecular weight excluding hydrogens is 305 g/mol. The van der Waals surface area contributed by atoms with Gasteiger partial charge in [0.25, 0.3) is 5.91 Å². The molecule has 1 atom stereocenters. The van der Waals surface area contributed by atoms with Gasteiger partial charge in [0.1, 0.15) is 10.7 Å². The maximum Gasteiger partial charge on any atom is 0.253 e. The van der Waals surface area contributed by atoms with Crippen LogP contribution in [0.2, 0.25) is 0 Å². The molecule has 0 spiro atoms. The summed E-state index contributed by atoms with van der Waals surface area (Å²) in [6.07, 6.45) is 5.59. The summed E-state index contributed by atoms with van der Waals surface area (Å²) in [6.45, 7) is 1.42. The monoisotopic (exact) mass is 325 g/mol. The van der Waals surface area contributed by atoms with Gasteiger partial charge in [-0.3, -0.25) is 4.79 Å². The van der Waals surface area contributed by atoms with Crippen molar-refractivity contribution in [3.63, 3.8) is 0 Å². The number of hydrogen-bond acceptors (Lipinski definition) is 3. The lowest BCUT2D eigenvalue weighted by Crippen LogP contribution is -2.40. The minimum absolute atomic E-state index is 0.199. The number of carbonyl (C=O) groups excluding carboxylic acids is 1. The zero-order valence-electron chi connectivity index (χ0n) is 12.6. The van der Waals surface area contributed by atoms with Gasteiger partial charge in [0.2, 0.25) is 0 Å². The SMILES string of the molecule is CS(=O)(=O)c1cc(C(=O)N2CCCC(C3CC3)C2)ccc1F. The first-order valence-electron chi connectivity index (χ1n) is 7.65. The van der Waals surface area contributed by atoms with Gasteiger partial charge in [-0.2, -0.15) is 0 Å². The molecule has 3 rings (SSSR count). The molecule has 1 aliphatic carbocycles. The van der Waals surface area contributed by atoms with E-state index in [0.717, 1.165) is 43.7 Å². The minimum Gasteiger partial charge on any atom is -0.338 e. The second-order valence-electron chi connectivity index (χ2n) is 6.41. The zero-order chi connectivity index (χ0) is 15.9. The standard InChI is InChI=1S/C16H20FNO3S/c1-22(20,21)15-9-12(6-7-14(15)17)16(19)18-8-2-3-13(10-18)11-4-5-11/h6-7,9,11,13H,2-5,8,10H2,1H3. The number of benzene rings is 1. The predicted molar refractivity (Wildman–Crippen MR) is 80.9 cm³/mol. The molecule has 1 heterocycles. The van der Waals surface area contributed by atoms with Crippen LogP contribution in [0.25, 0.3) is 0 Å². The Kier molecular flexibility index (Phi) is 3.97. The highest BCUT2D eigenvalue weighted by Gasteiger charge is 2.35. The number of amides is 1. The Morgan fingerprint density at radius 1 is 1.23 bits per heavy atom. The van der Waals surface area contributed by atoms with Crippen molar-refractivity contribution in [2.75, 3.05) is 19.3 Å². The van der Waals surface area contributed by atoms with Gasteiger partial charge in [-0.05, 0) is 55.7 Å². The molecule has 0 N–H and O–H groups in total. The third kappa shape index (κ3) is 3.16. The minimum atomic E-state index is -3.68. The Morgan fingerprint density at radius 3 is 2.59 bits per heavy atom. The highest BCUT2D eigenvalue weighted by Crippen LogP contribution is 2.41. The summed E-state index contributed by atoms with van der Waals surface area (Å²) in [4.78, 5) is 14.0. The molecule has 0 bridgehead atoms. The highest BCUT2D eigenvalue weighted by molar-refractivity contribution is 7.90. The van der Waals surface area contributed by atoms with Crippen LogP contribution in [-0.4, -0.2) is 38.6 Å². The van der Waals surface area contributed by atoms with Crippen LogP contribution in [0.3, 0.4) is 0 Å². The van der Waals surface area contributed by atoms with Crippen molar-refractivity contribution < 1.29 is 17.6 Å². The van der Waals surface area contributed by atoms with Gasteiger partial charge in [-0.1, -0.05) is 0 Å². The maximum atomic E-state index is 13.6. The van der Waals surface area contributed by atoms with E-state index in [-0.39, 0.29) is 11.5 Å². The van der Waals surface area contributed by atoms with Gasteiger partial charge in [0, 0.05) is 24.9 Å². The summed E-state index contributed by atoms with van der Waals surface area (Å²) in [5.41, 5.74) is 0.248. The first-order valence-corrected chi connectivity index (χ1v) is 9.54. The Balaban J connectivity index is 1.82. The average Bonchev–Trinajstić information content (AvgIpc) is 3.30. The molecule has 120 valence electrons. The fourth-order valence-corrected chi connectivity index (χ4v) is 4.01. The molecule has 2 aliphatic rings. The summed E-state index contributed by atoms with van der Waals surface area (Å²) in [5, 5.41) is 0.